The van der Waals surface area contributed by atoms with E-state index in [1.165, 1.54) is 4.90 Å². The number of benzene rings is 3. The summed E-state index contributed by atoms with van der Waals surface area (Å²) in [5.74, 6) is -1.35. The van der Waals surface area contributed by atoms with E-state index < -0.39 is 24.0 Å². The number of rotatable bonds is 3. The molecule has 4 rings (SSSR count). The molecule has 6 nitrogen and oxygen atoms in total. The molecule has 1 N–H and O–H groups in total. The number of carbonyl (C=O) groups is 3. The number of hydrogen-bond donors (Lipinski definition) is 1. The molecule has 0 saturated heterocycles. The standard InChI is InChI=1S/C23H20N2O4/c1-23(2)22(28)24-18-12-5-6-13-19(18)25(23)20(26)14-29-21(27)17-11-7-9-15-8-3-4-10-16(15)17/h3-13H,14H2,1-2H3,(H,24,28). The van der Waals surface area contributed by atoms with Crippen molar-refractivity contribution in [3.63, 3.8) is 0 Å². The normalized spacial score (nSPS) is 14.8. The number of hydrogen-bond acceptors (Lipinski definition) is 4. The van der Waals surface area contributed by atoms with E-state index in [0.717, 1.165) is 10.8 Å². The summed E-state index contributed by atoms with van der Waals surface area (Å²) in [4.78, 5) is 39.5. The van der Waals surface area contributed by atoms with Crippen molar-refractivity contribution in [3.8, 4) is 0 Å². The fourth-order valence-electron chi connectivity index (χ4n) is 3.57. The zero-order valence-electron chi connectivity index (χ0n) is 16.1. The number of amides is 2. The summed E-state index contributed by atoms with van der Waals surface area (Å²) in [5.41, 5.74) is 0.401. The fourth-order valence-corrected chi connectivity index (χ4v) is 3.57. The van der Waals surface area contributed by atoms with E-state index >= 15 is 0 Å². The van der Waals surface area contributed by atoms with Crippen molar-refractivity contribution in [2.24, 2.45) is 0 Å². The summed E-state index contributed by atoms with van der Waals surface area (Å²) in [6.07, 6.45) is 0. The van der Waals surface area contributed by atoms with Gasteiger partial charge in [0.1, 0.15) is 5.54 Å². The van der Waals surface area contributed by atoms with Gasteiger partial charge in [0.15, 0.2) is 6.61 Å². The minimum absolute atomic E-state index is 0.301. The van der Waals surface area contributed by atoms with Crippen LogP contribution in [0, 0.1) is 0 Å². The molecular weight excluding hydrogens is 368 g/mol. The first-order chi connectivity index (χ1) is 13.9. The molecule has 146 valence electrons. The topological polar surface area (TPSA) is 75.7 Å². The quantitative estimate of drug-likeness (QED) is 0.693. The van der Waals surface area contributed by atoms with Crippen molar-refractivity contribution in [1.82, 2.24) is 0 Å². The van der Waals surface area contributed by atoms with Crippen LogP contribution in [0.15, 0.2) is 66.7 Å². The zero-order valence-corrected chi connectivity index (χ0v) is 16.1. The van der Waals surface area contributed by atoms with Crippen LogP contribution in [0.25, 0.3) is 10.8 Å². The molecule has 0 bridgehead atoms. The lowest BCUT2D eigenvalue weighted by atomic mass is 9.96. The van der Waals surface area contributed by atoms with Crippen LogP contribution in [0.2, 0.25) is 0 Å². The first kappa shape index (κ1) is 18.7. The van der Waals surface area contributed by atoms with Gasteiger partial charge in [-0.25, -0.2) is 4.79 Å². The SMILES string of the molecule is CC1(C)C(=O)Nc2ccccc2N1C(=O)COC(=O)c1cccc2ccccc12. The number of para-hydroxylation sites is 2. The van der Waals surface area contributed by atoms with Crippen molar-refractivity contribution in [2.75, 3.05) is 16.8 Å². The maximum atomic E-state index is 13.0. The van der Waals surface area contributed by atoms with E-state index in [0.29, 0.717) is 16.9 Å². The Morgan fingerprint density at radius 1 is 0.966 bits per heavy atom. The van der Waals surface area contributed by atoms with Crippen LogP contribution < -0.4 is 10.2 Å². The summed E-state index contributed by atoms with van der Waals surface area (Å²) in [6.45, 7) is 2.85. The summed E-state index contributed by atoms with van der Waals surface area (Å²) in [5, 5.41) is 4.48. The first-order valence-corrected chi connectivity index (χ1v) is 9.28. The molecule has 0 unspecified atom stereocenters. The molecule has 0 radical (unpaired) electrons. The van der Waals surface area contributed by atoms with Gasteiger partial charge in [-0.3, -0.25) is 14.5 Å². The monoisotopic (exact) mass is 388 g/mol. The summed E-state index contributed by atoms with van der Waals surface area (Å²) in [7, 11) is 0. The lowest BCUT2D eigenvalue weighted by molar-refractivity contribution is -0.128. The molecule has 6 heteroatoms. The van der Waals surface area contributed by atoms with E-state index in [2.05, 4.69) is 5.32 Å². The Balaban J connectivity index is 1.58. The maximum absolute atomic E-state index is 13.0. The maximum Gasteiger partial charge on any atom is 0.339 e. The third kappa shape index (κ3) is 3.23. The molecule has 1 aliphatic rings. The second-order valence-electron chi connectivity index (χ2n) is 7.36. The molecule has 1 aliphatic heterocycles. The van der Waals surface area contributed by atoms with Gasteiger partial charge >= 0.3 is 5.97 Å². The molecular formula is C23H20N2O4. The first-order valence-electron chi connectivity index (χ1n) is 9.28. The third-order valence-electron chi connectivity index (χ3n) is 5.09. The summed E-state index contributed by atoms with van der Waals surface area (Å²) >= 11 is 0. The van der Waals surface area contributed by atoms with Gasteiger partial charge in [-0.15, -0.1) is 0 Å². The Morgan fingerprint density at radius 2 is 1.66 bits per heavy atom. The van der Waals surface area contributed by atoms with E-state index in [1.807, 2.05) is 30.3 Å². The Hall–Kier alpha value is -3.67. The van der Waals surface area contributed by atoms with Crippen LogP contribution in [-0.2, 0) is 14.3 Å². The van der Waals surface area contributed by atoms with E-state index in [4.69, 9.17) is 4.74 Å². The smallest absolute Gasteiger partial charge is 0.339 e. The minimum atomic E-state index is -1.11. The average Bonchev–Trinajstić information content (AvgIpc) is 2.72. The highest BCUT2D eigenvalue weighted by Gasteiger charge is 2.43. The van der Waals surface area contributed by atoms with Crippen molar-refractivity contribution >= 4 is 39.9 Å². The lowest BCUT2D eigenvalue weighted by Crippen LogP contribution is -2.59. The second kappa shape index (κ2) is 7.05. The molecule has 0 atom stereocenters. The predicted molar refractivity (Wildman–Crippen MR) is 111 cm³/mol. The highest BCUT2D eigenvalue weighted by atomic mass is 16.5. The van der Waals surface area contributed by atoms with E-state index in [9.17, 15) is 14.4 Å². The van der Waals surface area contributed by atoms with Gasteiger partial charge in [0.2, 0.25) is 5.91 Å². The van der Waals surface area contributed by atoms with Gasteiger partial charge in [-0.2, -0.15) is 0 Å². The largest absolute Gasteiger partial charge is 0.452 e. The number of esters is 1. The predicted octanol–water partition coefficient (Wildman–Crippen LogP) is 3.76. The molecule has 2 amide bonds. The molecule has 0 aliphatic carbocycles. The zero-order chi connectivity index (χ0) is 20.6. The summed E-state index contributed by atoms with van der Waals surface area (Å²) < 4.78 is 5.33. The Labute approximate surface area is 168 Å². The van der Waals surface area contributed by atoms with Gasteiger partial charge in [0.25, 0.3) is 5.91 Å². The Morgan fingerprint density at radius 3 is 2.48 bits per heavy atom. The number of nitrogens with one attached hydrogen (secondary N) is 1. The van der Waals surface area contributed by atoms with Crippen LogP contribution in [0.4, 0.5) is 11.4 Å². The van der Waals surface area contributed by atoms with E-state index in [1.54, 1.807) is 50.2 Å². The van der Waals surface area contributed by atoms with Gasteiger partial charge < -0.3 is 10.1 Å². The van der Waals surface area contributed by atoms with Gasteiger partial charge in [0, 0.05) is 0 Å². The van der Waals surface area contributed by atoms with Gasteiger partial charge in [0.05, 0.1) is 16.9 Å². The number of anilines is 2. The number of nitrogens with zero attached hydrogens (tertiary/aromatic N) is 1. The molecule has 0 spiro atoms. The highest BCUT2D eigenvalue weighted by Crippen LogP contribution is 2.36. The van der Waals surface area contributed by atoms with Crippen molar-refractivity contribution in [3.05, 3.63) is 72.3 Å². The molecule has 0 aromatic heterocycles. The van der Waals surface area contributed by atoms with Gasteiger partial charge in [-0.05, 0) is 42.8 Å². The van der Waals surface area contributed by atoms with Crippen LogP contribution >= 0.6 is 0 Å². The molecule has 0 fully saturated rings. The number of ether oxygens (including phenoxy) is 1. The van der Waals surface area contributed by atoms with E-state index in [-0.39, 0.29) is 5.91 Å². The number of fused-ring (bicyclic) bond motifs is 2. The van der Waals surface area contributed by atoms with Crippen LogP contribution in [0.1, 0.15) is 24.2 Å². The average molecular weight is 388 g/mol. The molecule has 3 aromatic carbocycles. The lowest BCUT2D eigenvalue weighted by Gasteiger charge is -2.41. The van der Waals surface area contributed by atoms with Crippen LogP contribution in [-0.4, -0.2) is 29.9 Å². The molecule has 0 saturated carbocycles. The van der Waals surface area contributed by atoms with Crippen LogP contribution in [0.5, 0.6) is 0 Å². The summed E-state index contributed by atoms with van der Waals surface area (Å²) in [6, 6.07) is 19.9. The molecule has 3 aromatic rings. The highest BCUT2D eigenvalue weighted by molar-refractivity contribution is 6.14. The Kier molecular flexibility index (Phi) is 4.54. The van der Waals surface area contributed by atoms with Crippen LogP contribution in [0.3, 0.4) is 0 Å². The Bertz CT molecular complexity index is 1130. The van der Waals surface area contributed by atoms with Crippen molar-refractivity contribution in [2.45, 2.75) is 19.4 Å². The molecule has 1 heterocycles. The minimum Gasteiger partial charge on any atom is -0.452 e. The van der Waals surface area contributed by atoms with Crippen molar-refractivity contribution in [1.29, 1.82) is 0 Å². The van der Waals surface area contributed by atoms with Gasteiger partial charge in [-0.1, -0.05) is 48.5 Å². The molecule has 29 heavy (non-hydrogen) atoms. The van der Waals surface area contributed by atoms with Crippen molar-refractivity contribution < 1.29 is 19.1 Å². The number of carbonyl (C=O) groups excluding carboxylic acids is 3. The second-order valence-corrected chi connectivity index (χ2v) is 7.36. The fraction of sp³-hybridized carbons (Fsp3) is 0.174. The third-order valence-corrected chi connectivity index (χ3v) is 5.09.